The van der Waals surface area contributed by atoms with Gasteiger partial charge in [-0.2, -0.15) is 0 Å². The Kier molecular flexibility index (Phi) is 7.89. The molecule has 124 valence electrons. The first-order chi connectivity index (χ1) is 11.3. The predicted octanol–water partition coefficient (Wildman–Crippen LogP) is 5.35. The number of hydrogen-bond acceptors (Lipinski definition) is 1. The standard InChI is InChI=1S/C22H31N/c1-3-20(2)23(18-10-16-21-12-6-4-7-13-21)19-11-17-22-14-8-5-9-15-22/h4-9,12-15,20H,3,10-11,16-19H2,1-2H3. The molecule has 0 spiro atoms. The van der Waals surface area contributed by atoms with E-state index in [1.807, 2.05) is 0 Å². The fourth-order valence-corrected chi connectivity index (χ4v) is 3.07. The lowest BCUT2D eigenvalue weighted by molar-refractivity contribution is 0.199. The highest BCUT2D eigenvalue weighted by Gasteiger charge is 2.11. The first-order valence-corrected chi connectivity index (χ1v) is 9.11. The van der Waals surface area contributed by atoms with Crippen LogP contribution in [0, 0.1) is 0 Å². The van der Waals surface area contributed by atoms with Crippen molar-refractivity contribution in [2.24, 2.45) is 0 Å². The lowest BCUT2D eigenvalue weighted by Gasteiger charge is -2.28. The van der Waals surface area contributed by atoms with Gasteiger partial charge in [-0.25, -0.2) is 0 Å². The molecule has 2 rings (SSSR count). The van der Waals surface area contributed by atoms with Crippen LogP contribution in [-0.4, -0.2) is 24.0 Å². The highest BCUT2D eigenvalue weighted by atomic mass is 15.1. The van der Waals surface area contributed by atoms with Crippen LogP contribution in [0.15, 0.2) is 60.7 Å². The van der Waals surface area contributed by atoms with Gasteiger partial charge in [-0.1, -0.05) is 67.6 Å². The number of benzene rings is 2. The van der Waals surface area contributed by atoms with Crippen LogP contribution in [0.25, 0.3) is 0 Å². The molecule has 1 atom stereocenters. The zero-order chi connectivity index (χ0) is 16.3. The van der Waals surface area contributed by atoms with Crippen molar-refractivity contribution in [1.82, 2.24) is 4.90 Å². The third-order valence-corrected chi connectivity index (χ3v) is 4.72. The Labute approximate surface area is 142 Å². The number of aryl methyl sites for hydroxylation is 2. The molecule has 0 aliphatic carbocycles. The topological polar surface area (TPSA) is 3.24 Å². The molecule has 0 saturated carbocycles. The van der Waals surface area contributed by atoms with Gasteiger partial charge in [0, 0.05) is 6.04 Å². The maximum atomic E-state index is 2.67. The average molecular weight is 309 g/mol. The molecule has 0 N–H and O–H groups in total. The molecule has 0 radical (unpaired) electrons. The third-order valence-electron chi connectivity index (χ3n) is 4.72. The van der Waals surface area contributed by atoms with Gasteiger partial charge in [0.2, 0.25) is 0 Å². The molecule has 1 heteroatoms. The molecule has 0 aliphatic rings. The smallest absolute Gasteiger partial charge is 0.00643 e. The van der Waals surface area contributed by atoms with Crippen molar-refractivity contribution >= 4 is 0 Å². The summed E-state index contributed by atoms with van der Waals surface area (Å²) in [5.41, 5.74) is 2.92. The molecule has 0 bridgehead atoms. The SMILES string of the molecule is CCC(C)N(CCCc1ccccc1)CCCc1ccccc1. The largest absolute Gasteiger partial charge is 0.301 e. The Hall–Kier alpha value is -1.60. The van der Waals surface area contributed by atoms with E-state index in [0.29, 0.717) is 6.04 Å². The molecule has 0 aromatic heterocycles. The van der Waals surface area contributed by atoms with Crippen LogP contribution in [0.4, 0.5) is 0 Å². The normalized spacial score (nSPS) is 12.5. The zero-order valence-corrected chi connectivity index (χ0v) is 14.7. The van der Waals surface area contributed by atoms with Gasteiger partial charge in [0.05, 0.1) is 0 Å². The lowest BCUT2D eigenvalue weighted by atomic mass is 10.1. The second-order valence-electron chi connectivity index (χ2n) is 6.47. The Balaban J connectivity index is 1.75. The summed E-state index contributed by atoms with van der Waals surface area (Å²) in [6.07, 6.45) is 6.11. The van der Waals surface area contributed by atoms with Crippen LogP contribution < -0.4 is 0 Å². The second-order valence-corrected chi connectivity index (χ2v) is 6.47. The number of nitrogens with zero attached hydrogens (tertiary/aromatic N) is 1. The van der Waals surface area contributed by atoms with Gasteiger partial charge >= 0.3 is 0 Å². The fourth-order valence-electron chi connectivity index (χ4n) is 3.07. The molecule has 1 unspecified atom stereocenters. The molecular formula is C22H31N. The molecule has 0 aliphatic heterocycles. The molecule has 0 fully saturated rings. The van der Waals surface area contributed by atoms with Gasteiger partial charge in [-0.3, -0.25) is 0 Å². The summed E-state index contributed by atoms with van der Waals surface area (Å²) in [6.45, 7) is 7.08. The van der Waals surface area contributed by atoms with Crippen molar-refractivity contribution in [3.63, 3.8) is 0 Å². The maximum absolute atomic E-state index is 2.67. The molecule has 2 aromatic carbocycles. The van der Waals surface area contributed by atoms with E-state index < -0.39 is 0 Å². The van der Waals surface area contributed by atoms with Crippen molar-refractivity contribution in [2.45, 2.75) is 52.0 Å². The minimum absolute atomic E-state index is 0.682. The van der Waals surface area contributed by atoms with E-state index in [2.05, 4.69) is 79.4 Å². The Morgan fingerprint density at radius 2 is 1.17 bits per heavy atom. The molecule has 1 nitrogen and oxygen atoms in total. The van der Waals surface area contributed by atoms with E-state index in [-0.39, 0.29) is 0 Å². The molecule has 23 heavy (non-hydrogen) atoms. The van der Waals surface area contributed by atoms with Crippen molar-refractivity contribution in [3.05, 3.63) is 71.8 Å². The highest BCUT2D eigenvalue weighted by molar-refractivity contribution is 5.15. The van der Waals surface area contributed by atoms with Crippen molar-refractivity contribution in [1.29, 1.82) is 0 Å². The summed E-state index contributed by atoms with van der Waals surface area (Å²) in [7, 11) is 0. The molecule has 0 heterocycles. The molecule has 2 aromatic rings. The first-order valence-electron chi connectivity index (χ1n) is 9.11. The van der Waals surface area contributed by atoms with Crippen LogP contribution in [0.5, 0.6) is 0 Å². The van der Waals surface area contributed by atoms with Crippen LogP contribution in [0.2, 0.25) is 0 Å². The summed E-state index contributed by atoms with van der Waals surface area (Å²) >= 11 is 0. The van der Waals surface area contributed by atoms with Gasteiger partial charge in [0.25, 0.3) is 0 Å². The summed E-state index contributed by atoms with van der Waals surface area (Å²) in [6, 6.07) is 22.4. The van der Waals surface area contributed by atoms with Crippen LogP contribution in [0.3, 0.4) is 0 Å². The van der Waals surface area contributed by atoms with Gasteiger partial charge in [-0.15, -0.1) is 0 Å². The van der Waals surface area contributed by atoms with Gasteiger partial charge in [-0.05, 0) is 63.2 Å². The van der Waals surface area contributed by atoms with E-state index in [0.717, 1.165) is 0 Å². The number of rotatable bonds is 10. The molecule has 0 saturated heterocycles. The summed E-state index contributed by atoms with van der Waals surface area (Å²) in [5, 5.41) is 0. The van der Waals surface area contributed by atoms with Gasteiger partial charge in [0.1, 0.15) is 0 Å². The zero-order valence-electron chi connectivity index (χ0n) is 14.7. The maximum Gasteiger partial charge on any atom is 0.00643 e. The predicted molar refractivity (Wildman–Crippen MR) is 101 cm³/mol. The van der Waals surface area contributed by atoms with E-state index >= 15 is 0 Å². The van der Waals surface area contributed by atoms with E-state index in [4.69, 9.17) is 0 Å². The first kappa shape index (κ1) is 17.7. The van der Waals surface area contributed by atoms with Crippen LogP contribution in [0.1, 0.15) is 44.2 Å². The second kappa shape index (κ2) is 10.2. The highest BCUT2D eigenvalue weighted by Crippen LogP contribution is 2.10. The minimum Gasteiger partial charge on any atom is -0.301 e. The quantitative estimate of drug-likeness (QED) is 0.571. The Bertz CT molecular complexity index is 475. The van der Waals surface area contributed by atoms with E-state index in [9.17, 15) is 0 Å². The fraction of sp³-hybridized carbons (Fsp3) is 0.455. The minimum atomic E-state index is 0.682. The van der Waals surface area contributed by atoms with Gasteiger partial charge in [0.15, 0.2) is 0 Å². The average Bonchev–Trinajstić information content (AvgIpc) is 2.61. The lowest BCUT2D eigenvalue weighted by Crippen LogP contribution is -2.34. The number of hydrogen-bond donors (Lipinski definition) is 0. The summed E-state index contributed by atoms with van der Waals surface area (Å²) in [5.74, 6) is 0. The molecular weight excluding hydrogens is 278 g/mol. The van der Waals surface area contributed by atoms with Crippen molar-refractivity contribution < 1.29 is 0 Å². The summed E-state index contributed by atoms with van der Waals surface area (Å²) in [4.78, 5) is 2.67. The van der Waals surface area contributed by atoms with Crippen molar-refractivity contribution in [3.8, 4) is 0 Å². The molecule has 0 amide bonds. The van der Waals surface area contributed by atoms with E-state index in [1.165, 1.54) is 56.3 Å². The Morgan fingerprint density at radius 3 is 1.57 bits per heavy atom. The van der Waals surface area contributed by atoms with Gasteiger partial charge < -0.3 is 4.90 Å². The third kappa shape index (κ3) is 6.58. The van der Waals surface area contributed by atoms with Crippen LogP contribution >= 0.6 is 0 Å². The van der Waals surface area contributed by atoms with E-state index in [1.54, 1.807) is 0 Å². The monoisotopic (exact) mass is 309 g/mol. The Morgan fingerprint density at radius 1 is 0.739 bits per heavy atom. The van der Waals surface area contributed by atoms with Crippen molar-refractivity contribution in [2.75, 3.05) is 13.1 Å². The van der Waals surface area contributed by atoms with Crippen LogP contribution in [-0.2, 0) is 12.8 Å². The summed E-state index contributed by atoms with van der Waals surface area (Å²) < 4.78 is 0.